The minimum atomic E-state index is -4.70. The second-order valence-corrected chi connectivity index (χ2v) is 7.72. The van der Waals surface area contributed by atoms with E-state index >= 15 is 0 Å². The van der Waals surface area contributed by atoms with Crippen molar-refractivity contribution in [3.63, 3.8) is 0 Å². The average molecular weight is 282 g/mol. The Morgan fingerprint density at radius 2 is 1.42 bits per heavy atom. The van der Waals surface area contributed by atoms with Crippen molar-refractivity contribution in [3.8, 4) is 0 Å². The molecule has 2 aliphatic rings. The zero-order valence-electron chi connectivity index (χ0n) is 10.3. The van der Waals surface area contributed by atoms with E-state index in [0.717, 1.165) is 0 Å². The van der Waals surface area contributed by atoms with E-state index in [1.165, 1.54) is 0 Å². The molecule has 0 unspecified atom stereocenters. The van der Waals surface area contributed by atoms with Gasteiger partial charge in [0, 0.05) is 0 Å². The molecule has 1 aromatic carbocycles. The maximum absolute atomic E-state index is 11.1. The fourth-order valence-corrected chi connectivity index (χ4v) is 4.92. The van der Waals surface area contributed by atoms with Crippen molar-refractivity contribution in [2.24, 2.45) is 9.98 Å². The van der Waals surface area contributed by atoms with Crippen molar-refractivity contribution in [1.29, 1.82) is 0 Å². The van der Waals surface area contributed by atoms with Crippen LogP contribution in [0.2, 0.25) is 0 Å². The van der Waals surface area contributed by atoms with Gasteiger partial charge in [-0.05, 0) is 0 Å². The van der Waals surface area contributed by atoms with E-state index in [9.17, 15) is 9.79 Å². The van der Waals surface area contributed by atoms with E-state index in [0.29, 0.717) is 31.6 Å². The van der Waals surface area contributed by atoms with E-state index in [4.69, 9.17) is 9.47 Å². The molecular formula is C12H15N2O4P. The molecule has 0 aliphatic carbocycles. The molecule has 0 atom stereocenters. The zero-order chi connectivity index (χ0) is 13.4. The van der Waals surface area contributed by atoms with Crippen molar-refractivity contribution < 1.29 is 19.3 Å². The van der Waals surface area contributed by atoms with Gasteiger partial charge < -0.3 is 0 Å². The van der Waals surface area contributed by atoms with Crippen LogP contribution in [0, 0.1) is 0 Å². The number of aliphatic imine (C=N–C) groups is 2. The fraction of sp³-hybridized carbons (Fsp3) is 0.333. The van der Waals surface area contributed by atoms with Crippen LogP contribution in [0.4, 0.5) is 0 Å². The van der Waals surface area contributed by atoms with Crippen LogP contribution < -0.4 is 5.30 Å². The van der Waals surface area contributed by atoms with Crippen molar-refractivity contribution in [3.05, 3.63) is 30.3 Å². The van der Waals surface area contributed by atoms with Gasteiger partial charge in [-0.2, -0.15) is 0 Å². The van der Waals surface area contributed by atoms with Gasteiger partial charge in [0.05, 0.1) is 0 Å². The first kappa shape index (κ1) is 12.5. The third-order valence-corrected chi connectivity index (χ3v) is 6.38. The molecule has 2 aliphatic heterocycles. The molecular weight excluding hydrogens is 267 g/mol. The molecule has 0 saturated heterocycles. The van der Waals surface area contributed by atoms with E-state index in [2.05, 4.69) is 9.98 Å². The van der Waals surface area contributed by atoms with E-state index < -0.39 is 7.06 Å². The van der Waals surface area contributed by atoms with Crippen LogP contribution in [-0.2, 0) is 9.47 Å². The van der Waals surface area contributed by atoms with Gasteiger partial charge in [-0.15, -0.1) is 0 Å². The Labute approximate surface area is 110 Å². The summed E-state index contributed by atoms with van der Waals surface area (Å²) in [6, 6.07) is 8.52. The molecule has 2 heterocycles. The quantitative estimate of drug-likeness (QED) is 0.789. The number of hydrogen-bond donors (Lipinski definition) is 2. The van der Waals surface area contributed by atoms with Gasteiger partial charge in [-0.3, -0.25) is 0 Å². The first-order valence-corrected chi connectivity index (χ1v) is 8.19. The number of hydrogen-bond acceptors (Lipinski definition) is 6. The van der Waals surface area contributed by atoms with Gasteiger partial charge >= 0.3 is 110 Å². The second kappa shape index (κ2) is 4.27. The van der Waals surface area contributed by atoms with Gasteiger partial charge in [-0.1, -0.05) is 0 Å². The molecule has 0 amide bonds. The predicted octanol–water partition coefficient (Wildman–Crippen LogP) is 0.452. The molecule has 102 valence electrons. The van der Waals surface area contributed by atoms with E-state index in [1.807, 2.05) is 0 Å². The molecule has 19 heavy (non-hydrogen) atoms. The number of benzene rings is 1. The predicted molar refractivity (Wildman–Crippen MR) is 73.9 cm³/mol. The van der Waals surface area contributed by atoms with Crippen LogP contribution in [0.15, 0.2) is 40.3 Å². The Kier molecular flexibility index (Phi) is 2.82. The summed E-state index contributed by atoms with van der Waals surface area (Å²) in [4.78, 5) is 30.4. The van der Waals surface area contributed by atoms with Crippen LogP contribution in [0.1, 0.15) is 0 Å². The first-order valence-electron chi connectivity index (χ1n) is 6.05. The van der Waals surface area contributed by atoms with Crippen LogP contribution >= 0.6 is 7.06 Å². The van der Waals surface area contributed by atoms with Crippen molar-refractivity contribution in [2.45, 2.75) is 0 Å². The van der Waals surface area contributed by atoms with Gasteiger partial charge in [-0.25, -0.2) is 0 Å². The maximum atomic E-state index is 11.1. The first-order chi connectivity index (χ1) is 9.12. The normalized spacial score (nSPS) is 20.8. The monoisotopic (exact) mass is 282 g/mol. The van der Waals surface area contributed by atoms with Gasteiger partial charge in [0.25, 0.3) is 0 Å². The Bertz CT molecular complexity index is 528. The average Bonchev–Trinajstić information content (AvgIpc) is 3.14. The SMILES string of the molecule is OP(O)(C1=NCCO1)(C1=NCCO1)c1ccccc1. The molecule has 0 aromatic heterocycles. The number of ether oxygens (including phenoxy) is 2. The Morgan fingerprint density at radius 3 is 1.84 bits per heavy atom. The summed E-state index contributed by atoms with van der Waals surface area (Å²) in [5, 5.41) is 0.329. The molecule has 0 fully saturated rings. The summed E-state index contributed by atoms with van der Waals surface area (Å²) in [6.07, 6.45) is 0. The fourth-order valence-electron chi connectivity index (χ4n) is 2.17. The van der Waals surface area contributed by atoms with Crippen molar-refractivity contribution in [2.75, 3.05) is 26.3 Å². The Balaban J connectivity index is 2.20. The summed E-state index contributed by atoms with van der Waals surface area (Å²) >= 11 is 0. The summed E-state index contributed by atoms with van der Waals surface area (Å²) in [5.41, 5.74) is -0.115. The summed E-state index contributed by atoms with van der Waals surface area (Å²) in [5.74, 6) is 0. The van der Waals surface area contributed by atoms with Gasteiger partial charge in [0.15, 0.2) is 0 Å². The van der Waals surface area contributed by atoms with Gasteiger partial charge in [0.2, 0.25) is 0 Å². The third kappa shape index (κ3) is 1.75. The second-order valence-electron chi connectivity index (χ2n) is 4.39. The topological polar surface area (TPSA) is 83.6 Å². The Hall–Kier alpha value is -1.49. The number of nitrogens with zero attached hydrogens (tertiary/aromatic N) is 2. The molecule has 3 rings (SSSR count). The van der Waals surface area contributed by atoms with Gasteiger partial charge in [0.1, 0.15) is 0 Å². The molecule has 6 nitrogen and oxygen atoms in total. The van der Waals surface area contributed by atoms with E-state index in [-0.39, 0.29) is 11.3 Å². The molecule has 0 saturated carbocycles. The molecule has 0 radical (unpaired) electrons. The summed E-state index contributed by atoms with van der Waals surface area (Å²) in [7, 11) is -4.70. The minimum absolute atomic E-state index is 0.0575. The van der Waals surface area contributed by atoms with Crippen LogP contribution in [0.5, 0.6) is 0 Å². The summed E-state index contributed by atoms with van der Waals surface area (Å²) in [6.45, 7) is 1.51. The molecule has 0 bridgehead atoms. The zero-order valence-corrected chi connectivity index (χ0v) is 11.2. The molecule has 1 aromatic rings. The molecule has 2 N–H and O–H groups in total. The molecule has 7 heteroatoms. The van der Waals surface area contributed by atoms with Crippen LogP contribution in [-0.4, -0.2) is 47.4 Å². The summed E-state index contributed by atoms with van der Waals surface area (Å²) < 4.78 is 10.7. The van der Waals surface area contributed by atoms with Crippen LogP contribution in [0.3, 0.4) is 0 Å². The third-order valence-electron chi connectivity index (χ3n) is 3.11. The Morgan fingerprint density at radius 1 is 0.895 bits per heavy atom. The van der Waals surface area contributed by atoms with Crippen molar-refractivity contribution in [1.82, 2.24) is 0 Å². The molecule has 0 spiro atoms. The van der Waals surface area contributed by atoms with E-state index in [1.54, 1.807) is 30.3 Å². The van der Waals surface area contributed by atoms with Crippen LogP contribution in [0.25, 0.3) is 0 Å². The number of rotatable bonds is 3. The standard InChI is InChI=1S/C12H15N2O4P/c15-19(16,11-13-6-8-17-11,12-14-7-9-18-12)10-4-2-1-3-5-10/h1-5,15-16H,6-9H2. The van der Waals surface area contributed by atoms with Crippen molar-refractivity contribution >= 4 is 23.6 Å².